The fourth-order valence-electron chi connectivity index (χ4n) is 3.38. The predicted molar refractivity (Wildman–Crippen MR) is 106 cm³/mol. The molecule has 3 N–H and O–H groups in total. The number of hydrogen-bond donors (Lipinski definition) is 3. The monoisotopic (exact) mass is 397 g/mol. The largest absolute Gasteiger partial charge is 0.478 e. The van der Waals surface area contributed by atoms with Crippen LogP contribution in [0.3, 0.4) is 0 Å². The molecule has 0 aliphatic heterocycles. The summed E-state index contributed by atoms with van der Waals surface area (Å²) in [6, 6.07) is 8.39. The zero-order valence-electron chi connectivity index (χ0n) is 16.5. The molecule has 3 aromatic rings. The van der Waals surface area contributed by atoms with Gasteiger partial charge in [0.05, 0.1) is 6.54 Å². The van der Waals surface area contributed by atoms with Crippen LogP contribution in [-0.2, 0) is 22.6 Å². The number of fused-ring (bicyclic) bond motifs is 1. The molecule has 0 fully saturated rings. The van der Waals surface area contributed by atoms with Crippen LogP contribution in [0.2, 0.25) is 0 Å². The third-order valence-electron chi connectivity index (χ3n) is 4.74. The number of amides is 2. The van der Waals surface area contributed by atoms with Gasteiger partial charge >= 0.3 is 5.97 Å². The lowest BCUT2D eigenvalue weighted by Gasteiger charge is -2.23. The molecule has 3 rings (SSSR count). The number of likely N-dealkylation sites (N-methyl/N-ethyl adjacent to an activating group) is 1. The first-order valence-corrected chi connectivity index (χ1v) is 9.16. The molecule has 1 aromatic carbocycles. The summed E-state index contributed by atoms with van der Waals surface area (Å²) in [4.78, 5) is 40.5. The fraction of sp³-hybridized carbons (Fsp3) is 0.286. The molecule has 0 aliphatic carbocycles. The smallest absolute Gasteiger partial charge is 0.339 e. The van der Waals surface area contributed by atoms with E-state index in [2.05, 4.69) is 10.3 Å². The molecule has 1 atom stereocenters. The molecule has 0 radical (unpaired) electrons. The molecule has 2 heterocycles. The van der Waals surface area contributed by atoms with E-state index in [1.165, 1.54) is 17.9 Å². The minimum atomic E-state index is -1.08. The van der Waals surface area contributed by atoms with Gasteiger partial charge in [0.1, 0.15) is 23.1 Å². The lowest BCUT2D eigenvalue weighted by Crippen LogP contribution is -2.47. The highest BCUT2D eigenvalue weighted by atomic mass is 16.4. The first-order valence-electron chi connectivity index (χ1n) is 9.16. The zero-order chi connectivity index (χ0) is 21.1. The molecule has 152 valence electrons. The highest BCUT2D eigenvalue weighted by Gasteiger charge is 2.26. The molecular formula is C21H23N3O5. The van der Waals surface area contributed by atoms with Crippen LogP contribution < -0.4 is 5.32 Å². The summed E-state index contributed by atoms with van der Waals surface area (Å²) in [6.07, 6.45) is 2.16. The van der Waals surface area contributed by atoms with Gasteiger partial charge in [-0.2, -0.15) is 0 Å². The average Bonchev–Trinajstić information content (AvgIpc) is 3.23. The Bertz CT molecular complexity index is 1070. The maximum absolute atomic E-state index is 13.0. The van der Waals surface area contributed by atoms with Crippen LogP contribution in [0, 0.1) is 6.92 Å². The van der Waals surface area contributed by atoms with Crippen molar-refractivity contribution in [3.05, 3.63) is 59.2 Å². The first kappa shape index (κ1) is 20.2. The van der Waals surface area contributed by atoms with Crippen molar-refractivity contribution in [3.8, 4) is 0 Å². The number of nitrogens with zero attached hydrogens (tertiary/aromatic N) is 1. The minimum absolute atomic E-state index is 0.0676. The topological polar surface area (TPSA) is 116 Å². The summed E-state index contributed by atoms with van der Waals surface area (Å²) in [7, 11) is 1.59. The molecule has 0 bridgehead atoms. The highest BCUT2D eigenvalue weighted by molar-refractivity contribution is 5.90. The molecule has 2 amide bonds. The van der Waals surface area contributed by atoms with E-state index in [9.17, 15) is 14.4 Å². The number of rotatable bonds is 7. The van der Waals surface area contributed by atoms with E-state index in [0.29, 0.717) is 12.2 Å². The molecule has 0 saturated carbocycles. The molecule has 8 nitrogen and oxygen atoms in total. The number of carboxylic acid groups (broad SMARTS) is 1. The van der Waals surface area contributed by atoms with Crippen LogP contribution in [0.25, 0.3) is 10.9 Å². The van der Waals surface area contributed by atoms with Gasteiger partial charge in [-0.25, -0.2) is 4.79 Å². The number of H-pyrrole nitrogens is 1. The number of aromatic nitrogens is 1. The second kappa shape index (κ2) is 8.22. The number of carbonyl (C=O) groups is 3. The van der Waals surface area contributed by atoms with Crippen LogP contribution >= 0.6 is 0 Å². The molecular weight excluding hydrogens is 374 g/mol. The number of aromatic amines is 1. The van der Waals surface area contributed by atoms with Gasteiger partial charge in [0.2, 0.25) is 11.8 Å². The van der Waals surface area contributed by atoms with E-state index in [0.717, 1.165) is 16.5 Å². The Hall–Kier alpha value is -3.55. The second-order valence-corrected chi connectivity index (χ2v) is 7.00. The predicted octanol–water partition coefficient (Wildman–Crippen LogP) is 2.47. The number of nitrogens with one attached hydrogen (secondary N) is 2. The Morgan fingerprint density at radius 3 is 2.66 bits per heavy atom. The van der Waals surface area contributed by atoms with Gasteiger partial charge in [-0.05, 0) is 24.6 Å². The van der Waals surface area contributed by atoms with Gasteiger partial charge in [0.25, 0.3) is 0 Å². The Labute approximate surface area is 167 Å². The number of aromatic carboxylic acids is 1. The van der Waals surface area contributed by atoms with Crippen LogP contribution in [0.1, 0.15) is 34.4 Å². The van der Waals surface area contributed by atoms with Crippen molar-refractivity contribution in [2.75, 3.05) is 7.05 Å². The summed E-state index contributed by atoms with van der Waals surface area (Å²) in [5.41, 5.74) is 1.94. The molecule has 29 heavy (non-hydrogen) atoms. The Balaban J connectivity index is 1.78. The molecule has 2 aromatic heterocycles. The van der Waals surface area contributed by atoms with Crippen LogP contribution in [-0.4, -0.2) is 45.9 Å². The van der Waals surface area contributed by atoms with E-state index in [4.69, 9.17) is 9.52 Å². The zero-order valence-corrected chi connectivity index (χ0v) is 16.5. The average molecular weight is 397 g/mol. The van der Waals surface area contributed by atoms with Gasteiger partial charge < -0.3 is 24.7 Å². The van der Waals surface area contributed by atoms with Gasteiger partial charge in [-0.15, -0.1) is 0 Å². The molecule has 0 spiro atoms. The summed E-state index contributed by atoms with van der Waals surface area (Å²) >= 11 is 0. The van der Waals surface area contributed by atoms with Crippen molar-refractivity contribution in [2.24, 2.45) is 0 Å². The summed E-state index contributed by atoms with van der Waals surface area (Å²) < 4.78 is 5.45. The quantitative estimate of drug-likeness (QED) is 0.566. The van der Waals surface area contributed by atoms with Crippen molar-refractivity contribution in [1.29, 1.82) is 0 Å². The fourth-order valence-corrected chi connectivity index (χ4v) is 3.38. The van der Waals surface area contributed by atoms with E-state index >= 15 is 0 Å². The number of aryl methyl sites for hydroxylation is 1. The number of furan rings is 1. The van der Waals surface area contributed by atoms with E-state index in [1.54, 1.807) is 14.0 Å². The summed E-state index contributed by atoms with van der Waals surface area (Å²) in [5.74, 6) is -1.04. The molecule has 8 heteroatoms. The van der Waals surface area contributed by atoms with E-state index in [1.807, 2.05) is 30.5 Å². The number of para-hydroxylation sites is 1. The first-order chi connectivity index (χ1) is 13.8. The number of benzene rings is 1. The van der Waals surface area contributed by atoms with Crippen molar-refractivity contribution >= 4 is 28.7 Å². The maximum atomic E-state index is 13.0. The van der Waals surface area contributed by atoms with Gasteiger partial charge in [-0.1, -0.05) is 18.2 Å². The lowest BCUT2D eigenvalue weighted by molar-refractivity contribution is -0.135. The minimum Gasteiger partial charge on any atom is -0.478 e. The van der Waals surface area contributed by atoms with E-state index < -0.39 is 12.0 Å². The van der Waals surface area contributed by atoms with E-state index in [-0.39, 0.29) is 29.7 Å². The third-order valence-corrected chi connectivity index (χ3v) is 4.74. The molecule has 1 unspecified atom stereocenters. The second-order valence-electron chi connectivity index (χ2n) is 7.00. The molecule has 0 aliphatic rings. The lowest BCUT2D eigenvalue weighted by atomic mass is 10.0. The maximum Gasteiger partial charge on any atom is 0.339 e. The van der Waals surface area contributed by atoms with Crippen LogP contribution in [0.4, 0.5) is 0 Å². The summed E-state index contributed by atoms with van der Waals surface area (Å²) in [5, 5.41) is 12.9. The normalized spacial score (nSPS) is 12.0. The summed E-state index contributed by atoms with van der Waals surface area (Å²) in [6.45, 7) is 3.02. The SMILES string of the molecule is CC(=O)NC(Cc1c[nH]c2ccccc12)C(=O)N(C)Cc1cc(C(=O)O)c(C)o1. The van der Waals surface area contributed by atoms with Crippen molar-refractivity contribution in [3.63, 3.8) is 0 Å². The molecule has 0 saturated heterocycles. The Kier molecular flexibility index (Phi) is 5.72. The van der Waals surface area contributed by atoms with Gasteiger partial charge in [0.15, 0.2) is 0 Å². The standard InChI is InChI=1S/C21H23N3O5/c1-12-17(21(27)28)9-15(29-12)11-24(3)20(26)19(23-13(2)25)8-14-10-22-18-7-5-4-6-16(14)18/h4-7,9-10,19,22H,8,11H2,1-3H3,(H,23,25)(H,27,28). The van der Waals surface area contributed by atoms with Crippen molar-refractivity contribution in [2.45, 2.75) is 32.9 Å². The third kappa shape index (κ3) is 4.48. The number of carboxylic acids is 1. The Morgan fingerprint density at radius 2 is 2.00 bits per heavy atom. The van der Waals surface area contributed by atoms with Crippen LogP contribution in [0.5, 0.6) is 0 Å². The Morgan fingerprint density at radius 1 is 1.28 bits per heavy atom. The number of hydrogen-bond acceptors (Lipinski definition) is 4. The number of carbonyl (C=O) groups excluding carboxylic acids is 2. The van der Waals surface area contributed by atoms with Crippen molar-refractivity contribution < 1.29 is 23.9 Å². The van der Waals surface area contributed by atoms with Crippen molar-refractivity contribution in [1.82, 2.24) is 15.2 Å². The van der Waals surface area contributed by atoms with Gasteiger partial charge in [-0.3, -0.25) is 9.59 Å². The van der Waals surface area contributed by atoms with Gasteiger partial charge in [0, 0.05) is 37.5 Å². The highest BCUT2D eigenvalue weighted by Crippen LogP contribution is 2.20. The van der Waals surface area contributed by atoms with Crippen LogP contribution in [0.15, 0.2) is 40.9 Å².